The van der Waals surface area contributed by atoms with E-state index in [4.69, 9.17) is 52.1 Å². The average molecular weight is 617 g/mol. The number of benzene rings is 1. The SMILES string of the molecule is C=CC(=O)N[C@H]1COC[C@H]1N(C)c1cc2c(N3CCCC(OC)C3)nc(-c3c(Cl)c(OC)cc(OC)c3Cl)cc2cn1. The first-order valence-corrected chi connectivity index (χ1v) is 14.5. The lowest BCUT2D eigenvalue weighted by molar-refractivity contribution is -0.117. The summed E-state index contributed by atoms with van der Waals surface area (Å²) in [7, 11) is 6.77. The van der Waals surface area contributed by atoms with E-state index < -0.39 is 0 Å². The van der Waals surface area contributed by atoms with Crippen LogP contribution in [0.25, 0.3) is 22.0 Å². The highest BCUT2D eigenvalue weighted by Crippen LogP contribution is 2.46. The third-order valence-corrected chi connectivity index (χ3v) is 8.69. The molecule has 0 radical (unpaired) electrons. The van der Waals surface area contributed by atoms with Crippen LogP contribution in [0.2, 0.25) is 10.0 Å². The molecule has 1 aromatic carbocycles. The number of hydrogen-bond acceptors (Lipinski definition) is 9. The van der Waals surface area contributed by atoms with Crippen molar-refractivity contribution < 1.29 is 23.7 Å². The minimum atomic E-state index is -0.237. The Labute approximate surface area is 255 Å². The van der Waals surface area contributed by atoms with Gasteiger partial charge in [-0.2, -0.15) is 0 Å². The minimum Gasteiger partial charge on any atom is -0.495 e. The number of pyridine rings is 2. The summed E-state index contributed by atoms with van der Waals surface area (Å²) in [6.45, 7) is 5.93. The van der Waals surface area contributed by atoms with E-state index in [0.717, 1.165) is 41.8 Å². The normalized spacial score (nSPS) is 20.4. The van der Waals surface area contributed by atoms with Crippen molar-refractivity contribution in [1.29, 1.82) is 0 Å². The van der Waals surface area contributed by atoms with Gasteiger partial charge in [0.1, 0.15) is 23.1 Å². The Morgan fingerprint density at radius 3 is 2.57 bits per heavy atom. The maximum atomic E-state index is 12.0. The van der Waals surface area contributed by atoms with Gasteiger partial charge < -0.3 is 34.1 Å². The molecule has 2 aliphatic heterocycles. The van der Waals surface area contributed by atoms with Crippen LogP contribution in [0.15, 0.2) is 37.1 Å². The van der Waals surface area contributed by atoms with E-state index in [1.165, 1.54) is 6.08 Å². The van der Waals surface area contributed by atoms with E-state index in [1.54, 1.807) is 27.4 Å². The monoisotopic (exact) mass is 615 g/mol. The molecule has 3 aromatic rings. The molecule has 3 atom stereocenters. The van der Waals surface area contributed by atoms with E-state index in [2.05, 4.69) is 16.8 Å². The molecule has 5 rings (SSSR count). The number of halogens is 2. The zero-order chi connectivity index (χ0) is 30.0. The first-order chi connectivity index (χ1) is 20.3. The summed E-state index contributed by atoms with van der Waals surface area (Å²) < 4.78 is 22.5. The van der Waals surface area contributed by atoms with Crippen LogP contribution >= 0.6 is 23.2 Å². The molecule has 12 heteroatoms. The number of likely N-dealkylation sites (N-methyl/N-ethyl adjacent to an activating group) is 1. The van der Waals surface area contributed by atoms with Crippen LogP contribution in [0.3, 0.4) is 0 Å². The lowest BCUT2D eigenvalue weighted by Gasteiger charge is -2.34. The summed E-state index contributed by atoms with van der Waals surface area (Å²) in [6.07, 6.45) is 5.10. The van der Waals surface area contributed by atoms with Gasteiger partial charge in [-0.15, -0.1) is 0 Å². The summed E-state index contributed by atoms with van der Waals surface area (Å²) in [5, 5.41) is 5.42. The third kappa shape index (κ3) is 5.81. The van der Waals surface area contributed by atoms with Crippen molar-refractivity contribution in [2.45, 2.75) is 31.0 Å². The molecule has 2 saturated heterocycles. The zero-order valence-corrected chi connectivity index (χ0v) is 25.7. The fourth-order valence-corrected chi connectivity index (χ4v) is 6.28. The minimum absolute atomic E-state index is 0.0807. The van der Waals surface area contributed by atoms with Crippen LogP contribution in [-0.2, 0) is 14.3 Å². The Morgan fingerprint density at radius 1 is 1.17 bits per heavy atom. The average Bonchev–Trinajstić information content (AvgIpc) is 3.48. The van der Waals surface area contributed by atoms with E-state index in [0.29, 0.717) is 52.6 Å². The number of anilines is 2. The van der Waals surface area contributed by atoms with Gasteiger partial charge in [0.05, 0.1) is 61.4 Å². The summed E-state index contributed by atoms with van der Waals surface area (Å²) in [6, 6.07) is 5.30. The molecule has 10 nitrogen and oxygen atoms in total. The van der Waals surface area contributed by atoms with Gasteiger partial charge in [0.25, 0.3) is 0 Å². The number of piperidine rings is 1. The van der Waals surface area contributed by atoms with Gasteiger partial charge in [0, 0.05) is 55.8 Å². The Kier molecular flexibility index (Phi) is 9.27. The summed E-state index contributed by atoms with van der Waals surface area (Å²) in [5.74, 6) is 2.13. The number of aromatic nitrogens is 2. The summed E-state index contributed by atoms with van der Waals surface area (Å²) >= 11 is 13.6. The van der Waals surface area contributed by atoms with Crippen molar-refractivity contribution in [3.63, 3.8) is 0 Å². The van der Waals surface area contributed by atoms with E-state index >= 15 is 0 Å². The van der Waals surface area contributed by atoms with Crippen LogP contribution in [0.5, 0.6) is 11.5 Å². The molecule has 0 bridgehead atoms. The number of carbonyl (C=O) groups is 1. The van der Waals surface area contributed by atoms with Crippen LogP contribution < -0.4 is 24.6 Å². The van der Waals surface area contributed by atoms with Crippen LogP contribution in [0.4, 0.5) is 11.6 Å². The van der Waals surface area contributed by atoms with Crippen LogP contribution in [0, 0.1) is 0 Å². The first-order valence-electron chi connectivity index (χ1n) is 13.7. The Bertz CT molecular complexity index is 1460. The second kappa shape index (κ2) is 12.9. The number of hydrogen-bond donors (Lipinski definition) is 1. The van der Waals surface area contributed by atoms with Gasteiger partial charge in [-0.1, -0.05) is 29.8 Å². The Balaban J connectivity index is 1.64. The number of rotatable bonds is 9. The van der Waals surface area contributed by atoms with Crippen LogP contribution in [-0.4, -0.2) is 88.7 Å². The predicted molar refractivity (Wildman–Crippen MR) is 165 cm³/mol. The molecule has 2 fully saturated rings. The number of ether oxygens (including phenoxy) is 4. The number of carbonyl (C=O) groups excluding carboxylic acids is 1. The maximum absolute atomic E-state index is 12.0. The molecule has 42 heavy (non-hydrogen) atoms. The molecular formula is C30H35Cl2N5O5. The zero-order valence-electron chi connectivity index (χ0n) is 24.2. The number of nitrogens with zero attached hydrogens (tertiary/aromatic N) is 4. The number of fused-ring (bicyclic) bond motifs is 1. The van der Waals surface area contributed by atoms with Gasteiger partial charge in [-0.3, -0.25) is 4.79 Å². The lowest BCUT2D eigenvalue weighted by atomic mass is 10.0. The van der Waals surface area contributed by atoms with Crippen molar-refractivity contribution in [2.24, 2.45) is 0 Å². The molecule has 1 unspecified atom stereocenters. The fraction of sp³-hybridized carbons (Fsp3) is 0.433. The number of methoxy groups -OCH3 is 3. The van der Waals surface area contributed by atoms with Gasteiger partial charge in [-0.25, -0.2) is 9.97 Å². The molecule has 1 amide bonds. The van der Waals surface area contributed by atoms with Gasteiger partial charge in [-0.05, 0) is 31.1 Å². The molecular weight excluding hydrogens is 581 g/mol. The molecule has 1 N–H and O–H groups in total. The topological polar surface area (TPSA) is 98.3 Å². The Morgan fingerprint density at radius 2 is 1.90 bits per heavy atom. The van der Waals surface area contributed by atoms with E-state index in [9.17, 15) is 4.79 Å². The van der Waals surface area contributed by atoms with Gasteiger partial charge >= 0.3 is 0 Å². The fourth-order valence-electron chi connectivity index (χ4n) is 5.59. The third-order valence-electron chi connectivity index (χ3n) is 7.94. The molecule has 0 saturated carbocycles. The highest BCUT2D eigenvalue weighted by molar-refractivity contribution is 6.41. The lowest BCUT2D eigenvalue weighted by Crippen LogP contribution is -2.49. The molecule has 224 valence electrons. The largest absolute Gasteiger partial charge is 0.495 e. The van der Waals surface area contributed by atoms with Crippen molar-refractivity contribution in [2.75, 3.05) is 64.5 Å². The second-order valence-electron chi connectivity index (χ2n) is 10.4. The van der Waals surface area contributed by atoms with E-state index in [1.807, 2.05) is 30.3 Å². The van der Waals surface area contributed by atoms with Crippen molar-refractivity contribution in [3.8, 4) is 22.8 Å². The maximum Gasteiger partial charge on any atom is 0.243 e. The quantitative estimate of drug-likeness (QED) is 0.342. The van der Waals surface area contributed by atoms with Crippen molar-refractivity contribution in [3.05, 3.63) is 47.1 Å². The van der Waals surface area contributed by atoms with Crippen molar-refractivity contribution in [1.82, 2.24) is 15.3 Å². The molecule has 4 heterocycles. The van der Waals surface area contributed by atoms with Gasteiger partial charge in [0.2, 0.25) is 5.91 Å². The molecule has 0 spiro atoms. The second-order valence-corrected chi connectivity index (χ2v) is 11.1. The molecule has 0 aliphatic carbocycles. The van der Waals surface area contributed by atoms with Crippen molar-refractivity contribution >= 4 is 51.5 Å². The number of nitrogens with one attached hydrogen (secondary N) is 1. The van der Waals surface area contributed by atoms with Gasteiger partial charge in [0.15, 0.2) is 0 Å². The Hall–Kier alpha value is -3.31. The highest BCUT2D eigenvalue weighted by Gasteiger charge is 2.33. The number of amides is 1. The first kappa shape index (κ1) is 30.2. The summed E-state index contributed by atoms with van der Waals surface area (Å²) in [4.78, 5) is 26.2. The van der Waals surface area contributed by atoms with E-state index in [-0.39, 0.29) is 24.1 Å². The standard InChI is InChI=1S/C30H35Cl2N5O5/c1-6-26(38)34-21-15-42-16-22(21)36(2)25-11-19-17(13-33-25)10-20(35-30(19)37-9-7-8-18(14-37)39-3)27-28(31)23(40-4)12-24(41-5)29(27)32/h6,10-13,18,21-22H,1,7-9,14-16H2,2-5H3,(H,34,38)/t18?,21-,22+/m0/s1. The predicted octanol–water partition coefficient (Wildman–Crippen LogP) is 4.74. The molecule has 2 aliphatic rings. The highest BCUT2D eigenvalue weighted by atomic mass is 35.5. The molecule has 2 aromatic heterocycles. The summed E-state index contributed by atoms with van der Waals surface area (Å²) in [5.41, 5.74) is 1.09. The smallest absolute Gasteiger partial charge is 0.243 e. The van der Waals surface area contributed by atoms with Crippen LogP contribution in [0.1, 0.15) is 12.8 Å².